The lowest BCUT2D eigenvalue weighted by atomic mass is 9.97. The van der Waals surface area contributed by atoms with Crippen molar-refractivity contribution < 1.29 is 17.9 Å². The van der Waals surface area contributed by atoms with Crippen LogP contribution in [-0.2, 0) is 30.5 Å². The van der Waals surface area contributed by atoms with Gasteiger partial charge in [-0.3, -0.25) is 13.9 Å². The second-order valence-electron chi connectivity index (χ2n) is 9.49. The molecule has 0 unspecified atom stereocenters. The molecule has 182 valence electrons. The van der Waals surface area contributed by atoms with Crippen LogP contribution in [0.2, 0.25) is 0 Å². The highest BCUT2D eigenvalue weighted by Gasteiger charge is 2.41. The summed E-state index contributed by atoms with van der Waals surface area (Å²) in [6, 6.07) is 14.2. The lowest BCUT2D eigenvalue weighted by molar-refractivity contribution is -0.137. The Labute approximate surface area is 198 Å². The third-order valence-corrected chi connectivity index (χ3v) is 6.65. The summed E-state index contributed by atoms with van der Waals surface area (Å²) in [6.45, 7) is 4.18. The van der Waals surface area contributed by atoms with Gasteiger partial charge >= 0.3 is 11.9 Å². The number of hydrogen-bond acceptors (Lipinski definition) is 3. The van der Waals surface area contributed by atoms with Crippen LogP contribution in [0, 0.1) is 0 Å². The van der Waals surface area contributed by atoms with E-state index in [1.54, 1.807) is 7.05 Å². The minimum Gasteiger partial charge on any atom is -0.365 e. The lowest BCUT2D eigenvalue weighted by Gasteiger charge is -2.39. The molecule has 3 heterocycles. The molecule has 9 heteroatoms. The van der Waals surface area contributed by atoms with Crippen LogP contribution in [0.5, 0.6) is 0 Å². The zero-order valence-electron chi connectivity index (χ0n) is 19.7. The van der Waals surface area contributed by atoms with Crippen LogP contribution in [0.3, 0.4) is 0 Å². The van der Waals surface area contributed by atoms with E-state index in [1.807, 2.05) is 48.7 Å². The van der Waals surface area contributed by atoms with Crippen LogP contribution < -0.4 is 11.2 Å². The molecule has 1 aliphatic rings. The quantitative estimate of drug-likeness (QED) is 0.420. The molecule has 6 nitrogen and oxygen atoms in total. The summed E-state index contributed by atoms with van der Waals surface area (Å²) in [5, 5.41) is 0.367. The van der Waals surface area contributed by atoms with Crippen molar-refractivity contribution in [1.29, 1.82) is 0 Å². The van der Waals surface area contributed by atoms with Gasteiger partial charge in [-0.15, -0.1) is 0 Å². The molecule has 0 amide bonds. The van der Waals surface area contributed by atoms with Crippen LogP contribution in [0.1, 0.15) is 36.8 Å². The largest absolute Gasteiger partial charge is 0.416 e. The maximum absolute atomic E-state index is 13.5. The van der Waals surface area contributed by atoms with Gasteiger partial charge in [0.05, 0.1) is 40.0 Å². The highest BCUT2D eigenvalue weighted by Crippen LogP contribution is 2.45. The fourth-order valence-electron chi connectivity index (χ4n) is 4.97. The first-order valence-corrected chi connectivity index (χ1v) is 11.1. The number of halogens is 3. The Morgan fingerprint density at radius 3 is 2.17 bits per heavy atom. The van der Waals surface area contributed by atoms with E-state index in [1.165, 1.54) is 23.7 Å². The molecule has 1 atom stereocenters. The Bertz CT molecular complexity index is 1560. The predicted octanol–water partition coefficient (Wildman–Crippen LogP) is 4.58. The van der Waals surface area contributed by atoms with E-state index in [2.05, 4.69) is 0 Å². The van der Waals surface area contributed by atoms with Gasteiger partial charge in [-0.2, -0.15) is 13.2 Å². The average Bonchev–Trinajstić information content (AvgIpc) is 3.19. The maximum Gasteiger partial charge on any atom is 0.416 e. The van der Waals surface area contributed by atoms with E-state index in [0.717, 1.165) is 22.3 Å². The van der Waals surface area contributed by atoms with Gasteiger partial charge in [0, 0.05) is 14.1 Å². The number of nitrogens with zero attached hydrogens (tertiary/aromatic N) is 3. The normalized spacial score (nSPS) is 17.5. The zero-order chi connectivity index (χ0) is 25.3. The van der Waals surface area contributed by atoms with Crippen LogP contribution >= 0.6 is 0 Å². The van der Waals surface area contributed by atoms with Gasteiger partial charge in [0.15, 0.2) is 0 Å². The topological polar surface area (TPSA) is 58.2 Å². The Kier molecular flexibility index (Phi) is 5.10. The van der Waals surface area contributed by atoms with Crippen molar-refractivity contribution in [3.63, 3.8) is 0 Å². The van der Waals surface area contributed by atoms with Crippen molar-refractivity contribution in [3.8, 4) is 11.3 Å². The smallest absolute Gasteiger partial charge is 0.365 e. The Hall–Kier alpha value is -3.59. The summed E-state index contributed by atoms with van der Waals surface area (Å²) < 4.78 is 50.2. The van der Waals surface area contributed by atoms with Crippen molar-refractivity contribution in [2.75, 3.05) is 6.61 Å². The van der Waals surface area contributed by atoms with Crippen LogP contribution in [0.25, 0.3) is 22.2 Å². The highest BCUT2D eigenvalue weighted by atomic mass is 19.4. The highest BCUT2D eigenvalue weighted by molar-refractivity contribution is 5.96. The van der Waals surface area contributed by atoms with Gasteiger partial charge in [0.1, 0.15) is 6.10 Å². The molecule has 0 radical (unpaired) electrons. The van der Waals surface area contributed by atoms with Gasteiger partial charge in [-0.25, -0.2) is 4.79 Å². The second kappa shape index (κ2) is 7.71. The monoisotopic (exact) mass is 483 g/mol. The summed E-state index contributed by atoms with van der Waals surface area (Å²) in [7, 11) is 3.02. The minimum absolute atomic E-state index is 0.251. The average molecular weight is 483 g/mol. The minimum atomic E-state index is -4.46. The van der Waals surface area contributed by atoms with Crippen molar-refractivity contribution in [2.45, 2.75) is 31.7 Å². The number of hydrogen-bond donors (Lipinski definition) is 0. The molecule has 35 heavy (non-hydrogen) atoms. The van der Waals surface area contributed by atoms with Gasteiger partial charge in [0.2, 0.25) is 0 Å². The van der Waals surface area contributed by atoms with Gasteiger partial charge in [-0.05, 0) is 37.1 Å². The standard InChI is InChI=1S/C26H24F3N3O3/c1-25(2)14-35-22(16-10-12-17(13-11-16)26(27,28)29)21-20-18(23(33)31(4)24(34)30(20)3)19(32(21)25)15-8-6-5-7-9-15/h5-13,22H,14H2,1-4H3/t22-/m1/s1. The van der Waals surface area contributed by atoms with E-state index in [9.17, 15) is 22.8 Å². The van der Waals surface area contributed by atoms with E-state index < -0.39 is 34.6 Å². The number of fused-ring (bicyclic) bond motifs is 3. The number of ether oxygens (including phenoxy) is 1. The van der Waals surface area contributed by atoms with Crippen LogP contribution in [-0.4, -0.2) is 20.3 Å². The fraction of sp³-hybridized carbons (Fsp3) is 0.308. The molecule has 0 fully saturated rings. The van der Waals surface area contributed by atoms with Gasteiger partial charge in [-0.1, -0.05) is 42.5 Å². The van der Waals surface area contributed by atoms with Crippen LogP contribution in [0.4, 0.5) is 13.2 Å². The number of alkyl halides is 3. The Morgan fingerprint density at radius 1 is 0.943 bits per heavy atom. The zero-order valence-corrected chi connectivity index (χ0v) is 19.7. The van der Waals surface area contributed by atoms with E-state index in [-0.39, 0.29) is 6.61 Å². The van der Waals surface area contributed by atoms with E-state index in [4.69, 9.17) is 4.74 Å². The van der Waals surface area contributed by atoms with Crippen molar-refractivity contribution in [2.24, 2.45) is 14.1 Å². The number of rotatable bonds is 2. The van der Waals surface area contributed by atoms with Gasteiger partial charge in [0.25, 0.3) is 5.56 Å². The number of aromatic nitrogens is 3. The molecule has 2 aromatic carbocycles. The summed E-state index contributed by atoms with van der Waals surface area (Å²) >= 11 is 0. The molecule has 0 saturated carbocycles. The first-order chi connectivity index (χ1) is 16.4. The van der Waals surface area contributed by atoms with Crippen LogP contribution in [0.15, 0.2) is 64.2 Å². The molecule has 1 aliphatic heterocycles. The maximum atomic E-state index is 13.5. The lowest BCUT2D eigenvalue weighted by Crippen LogP contribution is -2.40. The van der Waals surface area contributed by atoms with E-state index in [0.29, 0.717) is 27.9 Å². The molecule has 5 rings (SSSR count). The van der Waals surface area contributed by atoms with Gasteiger partial charge < -0.3 is 9.30 Å². The molecule has 0 aliphatic carbocycles. The van der Waals surface area contributed by atoms with Crippen molar-refractivity contribution in [3.05, 3.63) is 92.3 Å². The Morgan fingerprint density at radius 2 is 1.57 bits per heavy atom. The molecule has 4 aromatic rings. The molecular formula is C26H24F3N3O3. The molecule has 2 aromatic heterocycles. The first-order valence-electron chi connectivity index (χ1n) is 11.1. The summed E-state index contributed by atoms with van der Waals surface area (Å²) in [5.74, 6) is 0. The third kappa shape index (κ3) is 3.44. The third-order valence-electron chi connectivity index (χ3n) is 6.65. The molecule has 0 spiro atoms. The summed E-state index contributed by atoms with van der Waals surface area (Å²) in [6.07, 6.45) is -5.24. The summed E-state index contributed by atoms with van der Waals surface area (Å²) in [4.78, 5) is 26.4. The number of benzene rings is 2. The molecule has 0 N–H and O–H groups in total. The first kappa shape index (κ1) is 23.2. The summed E-state index contributed by atoms with van der Waals surface area (Å²) in [5.41, 5.74) is 0.615. The molecule has 0 bridgehead atoms. The van der Waals surface area contributed by atoms with E-state index >= 15 is 0 Å². The molecule has 0 saturated heterocycles. The van der Waals surface area contributed by atoms with Crippen molar-refractivity contribution in [1.82, 2.24) is 13.7 Å². The van der Waals surface area contributed by atoms with Crippen molar-refractivity contribution >= 4 is 10.9 Å². The second-order valence-corrected chi connectivity index (χ2v) is 9.49. The Balaban J connectivity index is 1.91. The predicted molar refractivity (Wildman–Crippen MR) is 126 cm³/mol. The number of aryl methyl sites for hydroxylation is 1. The molecular weight excluding hydrogens is 459 g/mol. The SMILES string of the molecule is Cn1c(=O)c2c(-c3ccccc3)n3c(c2n(C)c1=O)[C@@H](c1ccc(C(F)(F)F)cc1)OCC3(C)C. The fourth-order valence-corrected chi connectivity index (χ4v) is 4.97.